The fraction of sp³-hybridized carbons (Fsp3) is 0.467. The third-order valence-electron chi connectivity index (χ3n) is 2.45. The molecule has 0 saturated heterocycles. The summed E-state index contributed by atoms with van der Waals surface area (Å²) in [6, 6.07) is 10.1. The van der Waals surface area contributed by atoms with E-state index in [4.69, 9.17) is 4.43 Å². The van der Waals surface area contributed by atoms with Crippen LogP contribution < -0.4 is 0 Å². The third-order valence-corrected chi connectivity index (χ3v) is 3.51. The van der Waals surface area contributed by atoms with E-state index in [0.717, 1.165) is 12.0 Å². The van der Waals surface area contributed by atoms with Gasteiger partial charge in [-0.25, -0.2) is 0 Å². The first-order chi connectivity index (χ1) is 7.85. The Hall–Kier alpha value is -1.04. The van der Waals surface area contributed by atoms with Crippen LogP contribution >= 0.6 is 0 Å². The summed E-state index contributed by atoms with van der Waals surface area (Å²) in [7, 11) is -1.55. The van der Waals surface area contributed by atoms with Crippen molar-refractivity contribution in [3.8, 4) is 11.8 Å². The van der Waals surface area contributed by atoms with Crippen LogP contribution in [0.2, 0.25) is 19.6 Å². The lowest BCUT2D eigenvalue weighted by Gasteiger charge is -2.31. The summed E-state index contributed by atoms with van der Waals surface area (Å²) in [4.78, 5) is 0. The molecule has 0 fully saturated rings. The number of rotatable bonds is 3. The molecule has 0 heterocycles. The predicted octanol–water partition coefficient (Wildman–Crippen LogP) is 4.06. The van der Waals surface area contributed by atoms with E-state index < -0.39 is 8.32 Å². The van der Waals surface area contributed by atoms with Crippen LogP contribution in [-0.4, -0.2) is 13.9 Å². The van der Waals surface area contributed by atoms with Gasteiger partial charge in [-0.05, 0) is 45.1 Å². The molecule has 0 spiro atoms. The fourth-order valence-electron chi connectivity index (χ4n) is 1.59. The Morgan fingerprint density at radius 1 is 1.18 bits per heavy atom. The number of hydrogen-bond acceptors (Lipinski definition) is 1. The zero-order valence-electron chi connectivity index (χ0n) is 11.5. The van der Waals surface area contributed by atoms with Crippen LogP contribution in [0.4, 0.5) is 0 Å². The molecule has 17 heavy (non-hydrogen) atoms. The second-order valence-electron chi connectivity index (χ2n) is 5.41. The summed E-state index contributed by atoms with van der Waals surface area (Å²) in [6.45, 7) is 10.8. The van der Waals surface area contributed by atoms with Crippen molar-refractivity contribution in [2.45, 2.75) is 45.5 Å². The van der Waals surface area contributed by atoms with Gasteiger partial charge < -0.3 is 4.43 Å². The molecule has 1 atom stereocenters. The minimum Gasteiger partial charge on any atom is -0.402 e. The molecule has 0 radical (unpaired) electrons. The van der Waals surface area contributed by atoms with Crippen LogP contribution in [0.1, 0.15) is 25.8 Å². The smallest absolute Gasteiger partial charge is 0.185 e. The molecule has 92 valence electrons. The maximum Gasteiger partial charge on any atom is 0.185 e. The molecule has 1 unspecified atom stereocenters. The molecule has 1 aromatic carbocycles. The fourth-order valence-corrected chi connectivity index (χ4v) is 3.13. The summed E-state index contributed by atoms with van der Waals surface area (Å²) in [5.74, 6) is 6.49. The van der Waals surface area contributed by atoms with Gasteiger partial charge in [-0.15, -0.1) is 0 Å². The highest BCUT2D eigenvalue weighted by atomic mass is 28.4. The SMILES string of the molecule is CCC(C)(C#Cc1ccccc1)O[Si](C)(C)C. The highest BCUT2D eigenvalue weighted by Gasteiger charge is 2.28. The second-order valence-corrected chi connectivity index (χ2v) is 9.84. The second kappa shape index (κ2) is 5.53. The number of benzene rings is 1. The molecule has 0 aliphatic rings. The highest BCUT2D eigenvalue weighted by Crippen LogP contribution is 2.20. The zero-order chi connectivity index (χ0) is 12.9. The minimum absolute atomic E-state index is 0.319. The molecule has 1 aromatic rings. The predicted molar refractivity (Wildman–Crippen MR) is 76.4 cm³/mol. The van der Waals surface area contributed by atoms with Gasteiger partial charge in [-0.2, -0.15) is 0 Å². The van der Waals surface area contributed by atoms with Crippen molar-refractivity contribution in [2.24, 2.45) is 0 Å². The van der Waals surface area contributed by atoms with Gasteiger partial charge in [0.1, 0.15) is 5.60 Å². The van der Waals surface area contributed by atoms with Crippen LogP contribution in [0.5, 0.6) is 0 Å². The lowest BCUT2D eigenvalue weighted by molar-refractivity contribution is 0.138. The van der Waals surface area contributed by atoms with Crippen molar-refractivity contribution in [3.05, 3.63) is 35.9 Å². The van der Waals surface area contributed by atoms with Gasteiger partial charge in [0.15, 0.2) is 8.32 Å². The van der Waals surface area contributed by atoms with Crippen molar-refractivity contribution in [3.63, 3.8) is 0 Å². The normalized spacial score (nSPS) is 14.6. The van der Waals surface area contributed by atoms with Gasteiger partial charge >= 0.3 is 0 Å². The summed E-state index contributed by atoms with van der Waals surface area (Å²) in [6.07, 6.45) is 0.914. The molecule has 1 rings (SSSR count). The van der Waals surface area contributed by atoms with Crippen molar-refractivity contribution < 1.29 is 4.43 Å². The lowest BCUT2D eigenvalue weighted by atomic mass is 10.0. The topological polar surface area (TPSA) is 9.23 Å². The molecule has 0 aromatic heterocycles. The van der Waals surface area contributed by atoms with E-state index in [0.29, 0.717) is 0 Å². The largest absolute Gasteiger partial charge is 0.402 e. The van der Waals surface area contributed by atoms with E-state index in [1.807, 2.05) is 30.3 Å². The van der Waals surface area contributed by atoms with E-state index in [-0.39, 0.29) is 5.60 Å². The Morgan fingerprint density at radius 2 is 1.76 bits per heavy atom. The average Bonchev–Trinajstić information content (AvgIpc) is 2.26. The van der Waals surface area contributed by atoms with Gasteiger partial charge in [0.25, 0.3) is 0 Å². The Kier molecular flexibility index (Phi) is 4.56. The van der Waals surface area contributed by atoms with E-state index in [1.54, 1.807) is 0 Å². The highest BCUT2D eigenvalue weighted by molar-refractivity contribution is 6.69. The van der Waals surface area contributed by atoms with Crippen molar-refractivity contribution in [1.82, 2.24) is 0 Å². The molecule has 1 nitrogen and oxygen atoms in total. The Morgan fingerprint density at radius 3 is 2.24 bits per heavy atom. The standard InChI is InChI=1S/C15H22OSi/c1-6-15(2,16-17(3,4)5)13-12-14-10-8-7-9-11-14/h7-11H,6H2,1-5H3. The van der Waals surface area contributed by atoms with E-state index in [1.165, 1.54) is 0 Å². The summed E-state index contributed by atoms with van der Waals surface area (Å²) >= 11 is 0. The van der Waals surface area contributed by atoms with Gasteiger partial charge in [-0.3, -0.25) is 0 Å². The molecule has 0 N–H and O–H groups in total. The summed E-state index contributed by atoms with van der Waals surface area (Å²) in [5.41, 5.74) is 0.728. The molecule has 0 aliphatic carbocycles. The minimum atomic E-state index is -1.55. The zero-order valence-corrected chi connectivity index (χ0v) is 12.5. The molecule has 0 bridgehead atoms. The van der Waals surface area contributed by atoms with Crippen molar-refractivity contribution in [2.75, 3.05) is 0 Å². The first-order valence-electron chi connectivity index (χ1n) is 6.13. The molecule has 0 amide bonds. The Labute approximate surface area is 106 Å². The third kappa shape index (κ3) is 5.21. The maximum absolute atomic E-state index is 6.16. The van der Waals surface area contributed by atoms with Crippen LogP contribution in [0, 0.1) is 11.8 Å². The van der Waals surface area contributed by atoms with Crippen molar-refractivity contribution in [1.29, 1.82) is 0 Å². The quantitative estimate of drug-likeness (QED) is 0.577. The molecular weight excluding hydrogens is 224 g/mol. The average molecular weight is 246 g/mol. The van der Waals surface area contributed by atoms with E-state index in [2.05, 4.69) is 45.3 Å². The number of hydrogen-bond donors (Lipinski definition) is 0. The van der Waals surface area contributed by atoms with Gasteiger partial charge in [-0.1, -0.05) is 37.0 Å². The van der Waals surface area contributed by atoms with Gasteiger partial charge in [0.05, 0.1) is 0 Å². The van der Waals surface area contributed by atoms with Crippen molar-refractivity contribution >= 4 is 8.32 Å². The molecule has 0 aliphatic heterocycles. The first kappa shape index (κ1) is 14.0. The summed E-state index contributed by atoms with van der Waals surface area (Å²) in [5, 5.41) is 0. The van der Waals surface area contributed by atoms with E-state index in [9.17, 15) is 0 Å². The van der Waals surface area contributed by atoms with E-state index >= 15 is 0 Å². The monoisotopic (exact) mass is 246 g/mol. The van der Waals surface area contributed by atoms with Crippen LogP contribution in [0.3, 0.4) is 0 Å². The molecular formula is C15H22OSi. The lowest BCUT2D eigenvalue weighted by Crippen LogP contribution is -2.39. The van der Waals surface area contributed by atoms with Crippen LogP contribution in [0.25, 0.3) is 0 Å². The maximum atomic E-state index is 6.16. The van der Waals surface area contributed by atoms with Gasteiger partial charge in [0, 0.05) is 5.56 Å². The Balaban J connectivity index is 2.86. The van der Waals surface area contributed by atoms with Gasteiger partial charge in [0.2, 0.25) is 0 Å². The Bertz CT molecular complexity index is 408. The molecule has 2 heteroatoms. The summed E-state index contributed by atoms with van der Waals surface area (Å²) < 4.78 is 6.16. The molecule has 0 saturated carbocycles. The van der Waals surface area contributed by atoms with Crippen LogP contribution in [-0.2, 0) is 4.43 Å². The first-order valence-corrected chi connectivity index (χ1v) is 9.54. The van der Waals surface area contributed by atoms with Crippen LogP contribution in [0.15, 0.2) is 30.3 Å².